The van der Waals surface area contributed by atoms with Crippen LogP contribution in [0.5, 0.6) is 0 Å². The molecule has 1 aliphatic rings. The zero-order chi connectivity index (χ0) is 17.4. The minimum absolute atomic E-state index is 0.0390. The molecule has 0 unspecified atom stereocenters. The first-order valence-electron chi connectivity index (χ1n) is 8.02. The fourth-order valence-corrected chi connectivity index (χ4v) is 3.09. The molecule has 0 saturated carbocycles. The lowest BCUT2D eigenvalue weighted by Gasteiger charge is -2.26. The van der Waals surface area contributed by atoms with Crippen molar-refractivity contribution in [2.45, 2.75) is 19.6 Å². The molecule has 128 valence electrons. The highest BCUT2D eigenvalue weighted by molar-refractivity contribution is 5.32. The fourth-order valence-electron chi connectivity index (χ4n) is 3.09. The molecule has 1 aliphatic heterocycles. The molecular weight excluding hydrogens is 326 g/mol. The van der Waals surface area contributed by atoms with Gasteiger partial charge < -0.3 is 0 Å². The predicted molar refractivity (Wildman–Crippen MR) is 88.3 cm³/mol. The van der Waals surface area contributed by atoms with Gasteiger partial charge in [-0.05, 0) is 17.7 Å². The first-order valence-corrected chi connectivity index (χ1v) is 8.02. The van der Waals surface area contributed by atoms with Crippen LogP contribution in [0.25, 0.3) is 5.69 Å². The van der Waals surface area contributed by atoms with Crippen LogP contribution in [0.1, 0.15) is 11.4 Å². The summed E-state index contributed by atoms with van der Waals surface area (Å²) in [5.74, 6) is -0.915. The summed E-state index contributed by atoms with van der Waals surface area (Å²) in [5, 5.41) is 4.27. The van der Waals surface area contributed by atoms with Crippen LogP contribution < -0.4 is 5.69 Å². The van der Waals surface area contributed by atoms with E-state index in [1.807, 2.05) is 30.3 Å². The van der Waals surface area contributed by atoms with E-state index in [1.165, 1.54) is 11.6 Å². The maximum atomic E-state index is 14.0. The van der Waals surface area contributed by atoms with Crippen molar-refractivity contribution in [3.05, 3.63) is 82.0 Å². The van der Waals surface area contributed by atoms with Gasteiger partial charge in [-0.1, -0.05) is 30.3 Å². The van der Waals surface area contributed by atoms with Crippen molar-refractivity contribution >= 4 is 0 Å². The second-order valence-corrected chi connectivity index (χ2v) is 6.05. The van der Waals surface area contributed by atoms with Gasteiger partial charge in [-0.25, -0.2) is 13.6 Å². The van der Waals surface area contributed by atoms with Gasteiger partial charge in [0, 0.05) is 25.7 Å². The Kier molecular flexibility index (Phi) is 3.93. The second kappa shape index (κ2) is 6.25. The molecule has 0 atom stereocenters. The minimum Gasteiger partial charge on any atom is -0.290 e. The van der Waals surface area contributed by atoms with Gasteiger partial charge >= 0.3 is 5.69 Å². The monoisotopic (exact) mass is 342 g/mol. The highest BCUT2D eigenvalue weighted by Gasteiger charge is 2.23. The van der Waals surface area contributed by atoms with Crippen molar-refractivity contribution < 1.29 is 8.78 Å². The molecule has 0 amide bonds. The Morgan fingerprint density at radius 1 is 1.04 bits per heavy atom. The Hall–Kier alpha value is -2.80. The van der Waals surface area contributed by atoms with E-state index in [4.69, 9.17) is 0 Å². The smallest absolute Gasteiger partial charge is 0.290 e. The van der Waals surface area contributed by atoms with Gasteiger partial charge in [-0.2, -0.15) is 4.68 Å². The molecule has 0 bridgehead atoms. The van der Waals surface area contributed by atoms with Crippen LogP contribution in [0.15, 0.2) is 53.3 Å². The lowest BCUT2D eigenvalue weighted by atomic mass is 10.2. The number of benzene rings is 2. The van der Waals surface area contributed by atoms with Gasteiger partial charge in [0.25, 0.3) is 0 Å². The van der Waals surface area contributed by atoms with Gasteiger partial charge in [-0.3, -0.25) is 9.47 Å². The Morgan fingerprint density at radius 2 is 1.84 bits per heavy atom. The summed E-state index contributed by atoms with van der Waals surface area (Å²) in [6.07, 6.45) is 0. The third-order valence-corrected chi connectivity index (χ3v) is 4.33. The minimum atomic E-state index is -0.807. The molecule has 0 radical (unpaired) electrons. The lowest BCUT2D eigenvalue weighted by molar-refractivity contribution is 0.207. The van der Waals surface area contributed by atoms with Crippen LogP contribution in [-0.2, 0) is 19.6 Å². The van der Waals surface area contributed by atoms with Crippen LogP contribution in [0.2, 0.25) is 0 Å². The van der Waals surface area contributed by atoms with Crippen molar-refractivity contribution in [3.63, 3.8) is 0 Å². The molecule has 0 spiro atoms. The molecule has 3 aromatic rings. The molecule has 25 heavy (non-hydrogen) atoms. The molecule has 2 aromatic carbocycles. The summed E-state index contributed by atoms with van der Waals surface area (Å²) in [7, 11) is 0. The Bertz CT molecular complexity index is 965. The standard InChI is InChI=1S/C18H16F2N4O/c19-14-6-7-16(15(20)10-14)24-18(25)23-9-8-22(12-17(23)21-24)11-13-4-2-1-3-5-13/h1-7,10H,8-9,11-12H2. The summed E-state index contributed by atoms with van der Waals surface area (Å²) < 4.78 is 29.6. The number of rotatable bonds is 3. The third-order valence-electron chi connectivity index (χ3n) is 4.33. The molecule has 0 saturated heterocycles. The van der Waals surface area contributed by atoms with Crippen LogP contribution in [0.4, 0.5) is 8.78 Å². The van der Waals surface area contributed by atoms with Crippen LogP contribution in [-0.4, -0.2) is 25.8 Å². The number of hydrogen-bond donors (Lipinski definition) is 0. The Morgan fingerprint density at radius 3 is 2.60 bits per heavy atom. The maximum Gasteiger partial charge on any atom is 0.350 e. The zero-order valence-corrected chi connectivity index (χ0v) is 13.4. The molecular formula is C18H16F2N4O. The van der Waals surface area contributed by atoms with E-state index < -0.39 is 17.3 Å². The van der Waals surface area contributed by atoms with Crippen LogP contribution in [0, 0.1) is 11.6 Å². The molecule has 1 aromatic heterocycles. The Balaban J connectivity index is 1.63. The number of fused-ring (bicyclic) bond motifs is 1. The van der Waals surface area contributed by atoms with E-state index >= 15 is 0 Å². The Labute approximate surface area is 142 Å². The summed E-state index contributed by atoms with van der Waals surface area (Å²) in [6, 6.07) is 13.1. The van der Waals surface area contributed by atoms with E-state index in [0.29, 0.717) is 25.5 Å². The van der Waals surface area contributed by atoms with E-state index in [9.17, 15) is 13.6 Å². The average molecular weight is 342 g/mol. The average Bonchev–Trinajstić information content (AvgIpc) is 2.92. The first kappa shape index (κ1) is 15.7. The summed E-state index contributed by atoms with van der Waals surface area (Å²) in [6.45, 7) is 2.45. The van der Waals surface area contributed by atoms with Gasteiger partial charge in [-0.15, -0.1) is 5.10 Å². The lowest BCUT2D eigenvalue weighted by Crippen LogP contribution is -2.37. The second-order valence-electron chi connectivity index (χ2n) is 6.05. The molecule has 4 rings (SSSR count). The zero-order valence-electron chi connectivity index (χ0n) is 13.4. The van der Waals surface area contributed by atoms with Crippen molar-refractivity contribution in [2.75, 3.05) is 6.54 Å². The molecule has 0 N–H and O–H groups in total. The highest BCUT2D eigenvalue weighted by atomic mass is 19.1. The molecule has 0 aliphatic carbocycles. The van der Waals surface area contributed by atoms with Crippen LogP contribution in [0.3, 0.4) is 0 Å². The fraction of sp³-hybridized carbons (Fsp3) is 0.222. The predicted octanol–water partition coefficient (Wildman–Crippen LogP) is 2.33. The number of aromatic nitrogens is 3. The normalized spacial score (nSPS) is 14.5. The van der Waals surface area contributed by atoms with Gasteiger partial charge in [0.15, 0.2) is 5.82 Å². The van der Waals surface area contributed by atoms with Crippen molar-refractivity contribution in [1.82, 2.24) is 19.2 Å². The van der Waals surface area contributed by atoms with E-state index in [-0.39, 0.29) is 5.69 Å². The molecule has 2 heterocycles. The molecule has 7 heteroatoms. The summed E-state index contributed by atoms with van der Waals surface area (Å²) in [4.78, 5) is 14.7. The maximum absolute atomic E-state index is 14.0. The van der Waals surface area contributed by atoms with E-state index in [2.05, 4.69) is 10.00 Å². The topological polar surface area (TPSA) is 43.1 Å². The molecule has 5 nitrogen and oxygen atoms in total. The van der Waals surface area contributed by atoms with Crippen LogP contribution >= 0.6 is 0 Å². The highest BCUT2D eigenvalue weighted by Crippen LogP contribution is 2.16. The summed E-state index contributed by atoms with van der Waals surface area (Å²) in [5.41, 5.74) is 0.741. The van der Waals surface area contributed by atoms with Gasteiger partial charge in [0.05, 0.1) is 6.54 Å². The number of nitrogens with zero attached hydrogens (tertiary/aromatic N) is 4. The quantitative estimate of drug-likeness (QED) is 0.734. The van der Waals surface area contributed by atoms with Gasteiger partial charge in [0.1, 0.15) is 17.3 Å². The van der Waals surface area contributed by atoms with Gasteiger partial charge in [0.2, 0.25) is 0 Å². The summed E-state index contributed by atoms with van der Waals surface area (Å²) >= 11 is 0. The SMILES string of the molecule is O=c1n(-c2ccc(F)cc2F)nc2n1CCN(Cc1ccccc1)C2. The first-order chi connectivity index (χ1) is 12.1. The van der Waals surface area contributed by atoms with Crippen molar-refractivity contribution in [2.24, 2.45) is 0 Å². The number of hydrogen-bond acceptors (Lipinski definition) is 3. The largest absolute Gasteiger partial charge is 0.350 e. The van der Waals surface area contributed by atoms with E-state index in [0.717, 1.165) is 23.4 Å². The van der Waals surface area contributed by atoms with E-state index in [1.54, 1.807) is 4.57 Å². The van der Waals surface area contributed by atoms with Crippen molar-refractivity contribution in [1.29, 1.82) is 0 Å². The van der Waals surface area contributed by atoms with Crippen molar-refractivity contribution in [3.8, 4) is 5.69 Å². The third kappa shape index (κ3) is 2.98. The molecule has 0 fully saturated rings. The number of halogens is 2.